The van der Waals surface area contributed by atoms with Crippen molar-refractivity contribution in [3.05, 3.63) is 95.8 Å². The molecule has 0 fully saturated rings. The summed E-state index contributed by atoms with van der Waals surface area (Å²) in [6.07, 6.45) is 2.90. The SMILES string of the molecule is CS(=O)(=O)Nc1cccc(C(=O)NCc2cccc(Cn3cnc4ccccc43)c2)c1. The fourth-order valence-electron chi connectivity index (χ4n) is 3.39. The summed E-state index contributed by atoms with van der Waals surface area (Å²) in [5, 5.41) is 2.89. The largest absolute Gasteiger partial charge is 0.348 e. The van der Waals surface area contributed by atoms with Crippen LogP contribution in [-0.4, -0.2) is 30.1 Å². The van der Waals surface area contributed by atoms with Crippen molar-refractivity contribution in [2.45, 2.75) is 13.1 Å². The summed E-state index contributed by atoms with van der Waals surface area (Å²) >= 11 is 0. The van der Waals surface area contributed by atoms with Gasteiger partial charge in [0.25, 0.3) is 5.91 Å². The summed E-state index contributed by atoms with van der Waals surface area (Å²) in [7, 11) is -3.40. The Bertz CT molecular complexity index is 1350. The third-order valence-corrected chi connectivity index (χ3v) is 5.36. The molecular weight excluding hydrogens is 412 g/mol. The zero-order valence-corrected chi connectivity index (χ0v) is 17.8. The highest BCUT2D eigenvalue weighted by molar-refractivity contribution is 7.92. The van der Waals surface area contributed by atoms with Crippen LogP contribution >= 0.6 is 0 Å². The highest BCUT2D eigenvalue weighted by Crippen LogP contribution is 2.15. The maximum Gasteiger partial charge on any atom is 0.251 e. The van der Waals surface area contributed by atoms with Crippen LogP contribution in [0.1, 0.15) is 21.5 Å². The van der Waals surface area contributed by atoms with E-state index in [1.54, 1.807) is 18.2 Å². The van der Waals surface area contributed by atoms with Crippen LogP contribution in [-0.2, 0) is 23.1 Å². The molecule has 3 aromatic carbocycles. The molecule has 2 N–H and O–H groups in total. The van der Waals surface area contributed by atoms with E-state index in [1.807, 2.05) is 48.8 Å². The van der Waals surface area contributed by atoms with Gasteiger partial charge < -0.3 is 9.88 Å². The lowest BCUT2D eigenvalue weighted by Crippen LogP contribution is -2.23. The van der Waals surface area contributed by atoms with Crippen molar-refractivity contribution in [3.8, 4) is 0 Å². The molecule has 0 atom stereocenters. The van der Waals surface area contributed by atoms with E-state index in [0.29, 0.717) is 24.3 Å². The Balaban J connectivity index is 1.42. The molecule has 0 aliphatic heterocycles. The summed E-state index contributed by atoms with van der Waals surface area (Å²) in [4.78, 5) is 16.9. The van der Waals surface area contributed by atoms with Crippen molar-refractivity contribution in [1.82, 2.24) is 14.9 Å². The number of hydrogen-bond donors (Lipinski definition) is 2. The van der Waals surface area contributed by atoms with Crippen LogP contribution in [0.3, 0.4) is 0 Å². The van der Waals surface area contributed by atoms with Crippen LogP contribution < -0.4 is 10.0 Å². The number of para-hydroxylation sites is 2. The van der Waals surface area contributed by atoms with Crippen molar-refractivity contribution < 1.29 is 13.2 Å². The lowest BCUT2D eigenvalue weighted by molar-refractivity contribution is 0.0951. The van der Waals surface area contributed by atoms with Crippen molar-refractivity contribution in [1.29, 1.82) is 0 Å². The van der Waals surface area contributed by atoms with Crippen LogP contribution in [0.25, 0.3) is 11.0 Å². The second-order valence-electron chi connectivity index (χ2n) is 7.32. The van der Waals surface area contributed by atoms with Crippen LogP contribution in [0, 0.1) is 0 Å². The molecule has 31 heavy (non-hydrogen) atoms. The first-order valence-electron chi connectivity index (χ1n) is 9.71. The molecule has 0 aliphatic carbocycles. The third kappa shape index (κ3) is 5.29. The van der Waals surface area contributed by atoms with Crippen molar-refractivity contribution in [2.24, 2.45) is 0 Å². The van der Waals surface area contributed by atoms with Crippen molar-refractivity contribution >= 4 is 32.7 Å². The van der Waals surface area contributed by atoms with Gasteiger partial charge in [-0.05, 0) is 41.5 Å². The molecule has 0 saturated heterocycles. The Labute approximate surface area is 180 Å². The van der Waals surface area contributed by atoms with Crippen molar-refractivity contribution in [3.63, 3.8) is 0 Å². The molecule has 0 spiro atoms. The Morgan fingerprint density at radius 2 is 1.74 bits per heavy atom. The molecule has 0 bridgehead atoms. The quantitative estimate of drug-likeness (QED) is 0.466. The number of hydrogen-bond acceptors (Lipinski definition) is 4. The lowest BCUT2D eigenvalue weighted by atomic mass is 10.1. The second kappa shape index (κ2) is 8.61. The highest BCUT2D eigenvalue weighted by Gasteiger charge is 2.09. The van der Waals surface area contributed by atoms with Gasteiger partial charge in [0.05, 0.1) is 23.6 Å². The summed E-state index contributed by atoms with van der Waals surface area (Å²) in [6.45, 7) is 1.04. The molecule has 0 aliphatic rings. The van der Waals surface area contributed by atoms with Gasteiger partial charge in [-0.15, -0.1) is 0 Å². The van der Waals surface area contributed by atoms with E-state index >= 15 is 0 Å². The number of imidazole rings is 1. The molecule has 0 saturated carbocycles. The van der Waals surface area contributed by atoms with E-state index < -0.39 is 10.0 Å². The first-order chi connectivity index (χ1) is 14.9. The summed E-state index contributed by atoms with van der Waals surface area (Å²) < 4.78 is 27.3. The fourth-order valence-corrected chi connectivity index (χ4v) is 3.95. The minimum Gasteiger partial charge on any atom is -0.348 e. The predicted molar refractivity (Wildman–Crippen MR) is 121 cm³/mol. The van der Waals surface area contributed by atoms with Crippen LogP contribution in [0.4, 0.5) is 5.69 Å². The zero-order chi connectivity index (χ0) is 21.8. The van der Waals surface area contributed by atoms with Gasteiger partial charge in [0.15, 0.2) is 0 Å². The Hall–Kier alpha value is -3.65. The number of aromatic nitrogens is 2. The van der Waals surface area contributed by atoms with E-state index in [4.69, 9.17) is 0 Å². The van der Waals surface area contributed by atoms with Gasteiger partial charge in [0.1, 0.15) is 0 Å². The highest BCUT2D eigenvalue weighted by atomic mass is 32.2. The fraction of sp³-hybridized carbons (Fsp3) is 0.130. The van der Waals surface area contributed by atoms with Crippen molar-refractivity contribution in [2.75, 3.05) is 11.0 Å². The Morgan fingerprint density at radius 3 is 2.58 bits per heavy atom. The van der Waals surface area contributed by atoms with Gasteiger partial charge in [0.2, 0.25) is 10.0 Å². The predicted octanol–water partition coefficient (Wildman–Crippen LogP) is 3.39. The number of amides is 1. The molecule has 4 rings (SSSR count). The van der Waals surface area contributed by atoms with Gasteiger partial charge in [-0.1, -0.05) is 42.5 Å². The number of carbonyl (C=O) groups excluding carboxylic acids is 1. The molecule has 0 radical (unpaired) electrons. The van der Waals surface area contributed by atoms with E-state index in [2.05, 4.69) is 25.7 Å². The van der Waals surface area contributed by atoms with Gasteiger partial charge in [0, 0.05) is 24.3 Å². The molecule has 0 unspecified atom stereocenters. The number of fused-ring (bicyclic) bond motifs is 1. The molecule has 4 aromatic rings. The van der Waals surface area contributed by atoms with Crippen LogP contribution in [0.2, 0.25) is 0 Å². The molecular formula is C23H22N4O3S. The second-order valence-corrected chi connectivity index (χ2v) is 9.07. The zero-order valence-electron chi connectivity index (χ0n) is 16.9. The Morgan fingerprint density at radius 1 is 0.968 bits per heavy atom. The minimum absolute atomic E-state index is 0.275. The van der Waals surface area contributed by atoms with E-state index in [-0.39, 0.29) is 5.91 Å². The van der Waals surface area contributed by atoms with Crippen LogP contribution in [0.5, 0.6) is 0 Å². The third-order valence-electron chi connectivity index (χ3n) is 4.75. The topological polar surface area (TPSA) is 93.1 Å². The number of anilines is 1. The number of rotatable bonds is 7. The average Bonchev–Trinajstić information content (AvgIpc) is 3.14. The number of nitrogens with zero attached hydrogens (tertiary/aromatic N) is 2. The molecule has 1 amide bonds. The number of sulfonamides is 1. The minimum atomic E-state index is -3.40. The Kier molecular flexibility index (Phi) is 5.73. The monoisotopic (exact) mass is 434 g/mol. The molecule has 1 heterocycles. The number of benzene rings is 3. The molecule has 7 nitrogen and oxygen atoms in total. The lowest BCUT2D eigenvalue weighted by Gasteiger charge is -2.10. The molecule has 8 heteroatoms. The van der Waals surface area contributed by atoms with Gasteiger partial charge in [-0.2, -0.15) is 0 Å². The molecule has 158 valence electrons. The standard InChI is InChI=1S/C23H22N4O3S/c1-31(29,30)26-20-9-5-8-19(13-20)23(28)24-14-17-6-4-7-18(12-17)15-27-16-25-21-10-2-3-11-22(21)27/h2-13,16,26H,14-15H2,1H3,(H,24,28). The van der Waals surface area contributed by atoms with E-state index in [1.165, 1.54) is 6.07 Å². The summed E-state index contributed by atoms with van der Waals surface area (Å²) in [6, 6.07) is 22.4. The van der Waals surface area contributed by atoms with Gasteiger partial charge in [-0.3, -0.25) is 9.52 Å². The summed E-state index contributed by atoms with van der Waals surface area (Å²) in [5.74, 6) is -0.275. The number of nitrogens with one attached hydrogen (secondary N) is 2. The first kappa shape index (κ1) is 20.6. The van der Waals surface area contributed by atoms with Crippen LogP contribution in [0.15, 0.2) is 79.1 Å². The van der Waals surface area contributed by atoms with Gasteiger partial charge in [-0.25, -0.2) is 13.4 Å². The molecule has 1 aromatic heterocycles. The average molecular weight is 435 g/mol. The first-order valence-corrected chi connectivity index (χ1v) is 11.6. The van der Waals surface area contributed by atoms with E-state index in [0.717, 1.165) is 28.4 Å². The van der Waals surface area contributed by atoms with Gasteiger partial charge >= 0.3 is 0 Å². The maximum atomic E-state index is 12.5. The normalized spacial score (nSPS) is 11.4. The van der Waals surface area contributed by atoms with E-state index in [9.17, 15) is 13.2 Å². The maximum absolute atomic E-state index is 12.5. The smallest absolute Gasteiger partial charge is 0.251 e. The summed E-state index contributed by atoms with van der Waals surface area (Å²) in [5.41, 5.74) is 4.84. The number of carbonyl (C=O) groups is 1.